The van der Waals surface area contributed by atoms with Crippen LogP contribution < -0.4 is 14.7 Å². The highest BCUT2D eigenvalue weighted by molar-refractivity contribution is 7.40. The molecule has 0 radical (unpaired) electrons. The van der Waals surface area contributed by atoms with Crippen molar-refractivity contribution in [1.29, 1.82) is 0 Å². The van der Waals surface area contributed by atoms with E-state index in [1.807, 2.05) is 0 Å². The normalized spacial score (nSPS) is 12.0. The maximum atomic E-state index is 8.55. The molecule has 0 aromatic carbocycles. The molecular weight excluding hydrogens is 605 g/mol. The summed E-state index contributed by atoms with van der Waals surface area (Å²) in [5, 5.41) is 0. The maximum Gasteiger partial charge on any atom is 0.0780 e. The number of quaternary nitrogens is 3. The van der Waals surface area contributed by atoms with E-state index in [-0.39, 0.29) is 0 Å². The van der Waals surface area contributed by atoms with Crippen molar-refractivity contribution in [2.24, 2.45) is 0 Å². The second-order valence-corrected chi connectivity index (χ2v) is 17.8. The first kappa shape index (κ1) is 53.8. The van der Waals surface area contributed by atoms with Crippen LogP contribution in [-0.4, -0.2) is 96.5 Å². The van der Waals surface area contributed by atoms with Gasteiger partial charge in [0.2, 0.25) is 0 Å². The Balaban J connectivity index is -0.000000275. The van der Waals surface area contributed by atoms with E-state index in [4.69, 9.17) is 19.2 Å². The Morgan fingerprint density at radius 3 is 0.574 bits per heavy atom. The fourth-order valence-electron chi connectivity index (χ4n) is 5.16. The number of hydrogen-bond donors (Lipinski definition) is 0. The smallest absolute Gasteiger partial charge is 0.0780 e. The fraction of sp³-hybridized carbons (Fsp3) is 1.00. The monoisotopic (exact) mass is 696 g/mol. The van der Waals surface area contributed by atoms with E-state index >= 15 is 0 Å². The van der Waals surface area contributed by atoms with Gasteiger partial charge in [-0.25, -0.2) is 0 Å². The maximum absolute atomic E-state index is 8.55. The van der Waals surface area contributed by atoms with Crippen LogP contribution in [0.25, 0.3) is 0 Å². The van der Waals surface area contributed by atoms with Crippen LogP contribution in [0.15, 0.2) is 0 Å². The summed E-state index contributed by atoms with van der Waals surface area (Å²) in [5.74, 6) is 0. The Hall–Kier alpha value is -0.0100. The van der Waals surface area contributed by atoms with E-state index in [0.717, 1.165) is 13.4 Å². The van der Waals surface area contributed by atoms with E-state index < -0.39 is 7.82 Å². The first-order valence-electron chi connectivity index (χ1n) is 19.8. The fourth-order valence-corrected chi connectivity index (χ4v) is 5.16. The third kappa shape index (κ3) is 81.8. The third-order valence-electron chi connectivity index (χ3n) is 8.05. The van der Waals surface area contributed by atoms with Crippen molar-refractivity contribution in [3.63, 3.8) is 0 Å². The van der Waals surface area contributed by atoms with Gasteiger partial charge in [-0.05, 0) is 38.5 Å². The van der Waals surface area contributed by atoms with Gasteiger partial charge in [-0.2, -0.15) is 7.82 Å². The van der Waals surface area contributed by atoms with Crippen molar-refractivity contribution in [3.8, 4) is 0 Å². The lowest BCUT2D eigenvalue weighted by molar-refractivity contribution is -0.870. The topological polar surface area (TPSA) is 86.2 Å². The summed E-state index contributed by atoms with van der Waals surface area (Å²) in [5.41, 5.74) is 0. The first-order chi connectivity index (χ1) is 21.7. The van der Waals surface area contributed by atoms with Gasteiger partial charge >= 0.3 is 0 Å². The predicted molar refractivity (Wildman–Crippen MR) is 204 cm³/mol. The molecule has 0 fully saturated rings. The molecule has 0 atom stereocenters. The van der Waals surface area contributed by atoms with Crippen LogP contribution in [0, 0.1) is 0 Å². The van der Waals surface area contributed by atoms with E-state index in [1.54, 1.807) is 0 Å². The largest absolute Gasteiger partial charge is 0.822 e. The SMILES string of the molecule is CCCCCCCCCC[N+](C)(C)C.CCCCCCCCCC[N+](C)(C)C.CCCCCCCCCC[N+](C)(C)C.O=P([O-])([O-])[O-]. The van der Waals surface area contributed by atoms with Crippen molar-refractivity contribution >= 4 is 7.82 Å². The lowest BCUT2D eigenvalue weighted by Crippen LogP contribution is -2.35. The summed E-state index contributed by atoms with van der Waals surface area (Å²) >= 11 is 0. The summed E-state index contributed by atoms with van der Waals surface area (Å²) < 4.78 is 11.9. The zero-order valence-corrected chi connectivity index (χ0v) is 35.4. The van der Waals surface area contributed by atoms with Gasteiger partial charge in [-0.15, -0.1) is 0 Å². The van der Waals surface area contributed by atoms with Gasteiger partial charge in [0.1, 0.15) is 0 Å². The lowest BCUT2D eigenvalue weighted by Gasteiger charge is -2.36. The first-order valence-corrected chi connectivity index (χ1v) is 21.3. The molecule has 0 aromatic rings. The molecular formula is C39H90N3O4P. The molecule has 0 N–H and O–H groups in total. The molecule has 0 aromatic heterocycles. The Labute approximate surface area is 297 Å². The predicted octanol–water partition coefficient (Wildman–Crippen LogP) is 8.68. The molecule has 47 heavy (non-hydrogen) atoms. The Kier molecular flexibility index (Phi) is 41.0. The van der Waals surface area contributed by atoms with Crippen molar-refractivity contribution in [2.75, 3.05) is 83.1 Å². The summed E-state index contributed by atoms with van der Waals surface area (Å²) in [7, 11) is 15.1. The number of rotatable bonds is 27. The molecule has 0 aliphatic rings. The Bertz CT molecular complexity index is 558. The third-order valence-corrected chi connectivity index (χ3v) is 8.05. The summed E-state index contributed by atoms with van der Waals surface area (Å²) in [6.07, 6.45) is 34.3. The molecule has 0 rings (SSSR count). The zero-order chi connectivity index (χ0) is 37.1. The van der Waals surface area contributed by atoms with Gasteiger partial charge in [0.25, 0.3) is 0 Å². The molecule has 0 heterocycles. The quantitative estimate of drug-likeness (QED) is 0.0489. The average Bonchev–Trinajstić information content (AvgIpc) is 2.91. The highest BCUT2D eigenvalue weighted by Crippen LogP contribution is 2.11. The number of unbranched alkanes of at least 4 members (excludes halogenated alkanes) is 21. The molecule has 0 bridgehead atoms. The summed E-state index contributed by atoms with van der Waals surface area (Å²) in [6.45, 7) is 10.8. The number of hydrogen-bond acceptors (Lipinski definition) is 4. The highest BCUT2D eigenvalue weighted by atomic mass is 31.2. The number of nitrogens with zero attached hydrogens (tertiary/aromatic N) is 3. The molecule has 8 heteroatoms. The van der Waals surface area contributed by atoms with Crippen molar-refractivity contribution in [2.45, 2.75) is 175 Å². The molecule has 0 unspecified atom stereocenters. The van der Waals surface area contributed by atoms with Crippen LogP contribution >= 0.6 is 7.82 Å². The molecule has 0 aliphatic carbocycles. The van der Waals surface area contributed by atoms with E-state index in [9.17, 15) is 0 Å². The van der Waals surface area contributed by atoms with E-state index in [1.165, 1.54) is 174 Å². The lowest BCUT2D eigenvalue weighted by atomic mass is 10.1. The molecule has 7 nitrogen and oxygen atoms in total. The Morgan fingerprint density at radius 2 is 0.447 bits per heavy atom. The van der Waals surface area contributed by atoms with Gasteiger partial charge < -0.3 is 32.7 Å². The molecule has 0 saturated heterocycles. The highest BCUT2D eigenvalue weighted by Gasteiger charge is 2.06. The molecule has 0 saturated carbocycles. The zero-order valence-electron chi connectivity index (χ0n) is 34.5. The minimum Gasteiger partial charge on any atom is -0.822 e. The second-order valence-electron chi connectivity index (χ2n) is 16.9. The van der Waals surface area contributed by atoms with Gasteiger partial charge in [0, 0.05) is 0 Å². The van der Waals surface area contributed by atoms with Gasteiger partial charge in [-0.3, -0.25) is 0 Å². The van der Waals surface area contributed by atoms with Crippen LogP contribution in [0.2, 0.25) is 0 Å². The van der Waals surface area contributed by atoms with Crippen molar-refractivity contribution < 1.29 is 32.7 Å². The molecule has 0 spiro atoms. The van der Waals surface area contributed by atoms with Crippen molar-refractivity contribution in [1.82, 2.24) is 0 Å². The van der Waals surface area contributed by atoms with Gasteiger partial charge in [0.15, 0.2) is 0 Å². The van der Waals surface area contributed by atoms with Gasteiger partial charge in [-0.1, -0.05) is 136 Å². The van der Waals surface area contributed by atoms with E-state index in [2.05, 4.69) is 84.2 Å². The molecule has 0 aliphatic heterocycles. The van der Waals surface area contributed by atoms with Crippen LogP contribution in [0.4, 0.5) is 0 Å². The van der Waals surface area contributed by atoms with Crippen molar-refractivity contribution in [3.05, 3.63) is 0 Å². The van der Waals surface area contributed by atoms with Crippen LogP contribution in [0.3, 0.4) is 0 Å². The average molecular weight is 696 g/mol. The minimum absolute atomic E-state index is 1.12. The number of phosphoric acid groups is 1. The standard InChI is InChI=1S/3C13H30N.H3O4P/c3*1-5-6-7-8-9-10-11-12-13-14(2,3)4;1-5(2,3)4/h3*5-13H2,1-4H3;(H3,1,2,3,4)/q3*+1;/p-3. The van der Waals surface area contributed by atoms with Crippen LogP contribution in [-0.2, 0) is 4.57 Å². The Morgan fingerprint density at radius 1 is 0.319 bits per heavy atom. The van der Waals surface area contributed by atoms with E-state index in [0.29, 0.717) is 0 Å². The van der Waals surface area contributed by atoms with Gasteiger partial charge in [0.05, 0.1) is 83.1 Å². The molecule has 290 valence electrons. The molecule has 0 amide bonds. The summed E-state index contributed by atoms with van der Waals surface area (Å²) in [6, 6.07) is 0. The minimum atomic E-state index is -5.39. The van der Waals surface area contributed by atoms with Crippen LogP contribution in [0.5, 0.6) is 0 Å². The summed E-state index contributed by atoms with van der Waals surface area (Å²) in [4.78, 5) is 25.6. The van der Waals surface area contributed by atoms with Crippen LogP contribution in [0.1, 0.15) is 175 Å². The second kappa shape index (κ2) is 35.8.